The van der Waals surface area contributed by atoms with E-state index in [4.69, 9.17) is 20.3 Å². The predicted octanol–water partition coefficient (Wildman–Crippen LogP) is 4.50. The summed E-state index contributed by atoms with van der Waals surface area (Å²) in [6.07, 6.45) is 5.88. The molecule has 7 N–H and O–H groups in total. The lowest BCUT2D eigenvalue weighted by atomic mass is 9.85. The highest BCUT2D eigenvalue weighted by atomic mass is 19.1. The molecule has 20 nitrogen and oxygen atoms in total. The van der Waals surface area contributed by atoms with Crippen LogP contribution in [0.2, 0.25) is 0 Å². The summed E-state index contributed by atoms with van der Waals surface area (Å²) in [4.78, 5) is 79.0. The van der Waals surface area contributed by atoms with E-state index < -0.39 is 29.4 Å². The number of nitriles is 1. The first kappa shape index (κ1) is 57.2. The zero-order valence-corrected chi connectivity index (χ0v) is 45.8. The minimum absolute atomic E-state index is 0.0288. The molecule has 6 atom stereocenters. The SMILES string of the molecule is CC[C@H](NC(=O)[C@H]1C[C@@H](NCCOCCOCCC(=O)NCCn2nc3c(c2C#N)-c2cnc(N)c(c2)N2CCC[C@@H]2c2cc(F)ccc2C(=O)N(C2CC2)C3)CN1C(=O)[C@H](NC(=O)[C@@H](C)NC)C(C)(C)C)c1ccccc1. The molecule has 78 heavy (non-hydrogen) atoms. The standard InChI is InChI=1S/C57H76FN13O7/c1-7-43(36-12-9-8-10-13-36)65-54(74)47-30-39(33-70(47)56(76)51(57(3,4)5)66-53(73)35(2)61-6)62-21-25-78-27-26-77-24-19-49(72)63-20-23-71-48(31-59)50-37-28-46(52(60)64-32-37)68-22-11-14-45(68)42-29-38(58)15-18-41(42)55(75)69(40-16-17-40)34-44(50)67-71/h8-10,12-13,15,18,28-29,32,35,39-40,43,45,47,51,61-62H,7,11,14,16-17,19-27,30,33-34H2,1-6H3,(H2,60,64)(H,63,72)(H,65,74)(H,66,73)/t35-,39-,43+,45-,47-,51+/m1/s1. The number of fused-ring (bicyclic) bond motifs is 8. The number of nitrogens with two attached hydrogens (primary N) is 1. The third kappa shape index (κ3) is 13.5. The van der Waals surface area contributed by atoms with Crippen molar-refractivity contribution in [1.29, 1.82) is 5.26 Å². The minimum atomic E-state index is -0.873. The first-order chi connectivity index (χ1) is 37.5. The Morgan fingerprint density at radius 2 is 1.73 bits per heavy atom. The van der Waals surface area contributed by atoms with Crippen LogP contribution in [-0.2, 0) is 41.7 Å². The Kier molecular flexibility index (Phi) is 18.8. The molecule has 4 aliphatic rings. The number of hydrogen-bond donors (Lipinski definition) is 6. The smallest absolute Gasteiger partial charge is 0.254 e. The second kappa shape index (κ2) is 25.7. The molecule has 5 heterocycles. The monoisotopic (exact) mass is 1070 g/mol. The zero-order chi connectivity index (χ0) is 55.7. The Labute approximate surface area is 456 Å². The van der Waals surface area contributed by atoms with Gasteiger partial charge in [-0.3, -0.25) is 28.7 Å². The molecule has 418 valence electrons. The van der Waals surface area contributed by atoms with Gasteiger partial charge in [0.2, 0.25) is 23.6 Å². The molecule has 2 saturated heterocycles. The van der Waals surface area contributed by atoms with Crippen molar-refractivity contribution in [1.82, 2.24) is 51.1 Å². The van der Waals surface area contributed by atoms with E-state index in [9.17, 15) is 33.6 Å². The van der Waals surface area contributed by atoms with Gasteiger partial charge >= 0.3 is 0 Å². The Hall–Kier alpha value is -6.99. The number of nitrogens with zero attached hydrogens (tertiary/aromatic N) is 7. The summed E-state index contributed by atoms with van der Waals surface area (Å²) in [6, 6.07) is 15.4. The van der Waals surface area contributed by atoms with Crippen molar-refractivity contribution in [2.24, 2.45) is 5.41 Å². The van der Waals surface area contributed by atoms with E-state index in [0.29, 0.717) is 72.6 Å². The maximum Gasteiger partial charge on any atom is 0.254 e. The molecule has 0 radical (unpaired) electrons. The van der Waals surface area contributed by atoms with Crippen molar-refractivity contribution in [2.75, 3.05) is 70.3 Å². The first-order valence-electron chi connectivity index (χ1n) is 27.4. The van der Waals surface area contributed by atoms with Gasteiger partial charge in [0, 0.05) is 67.6 Å². The number of amides is 5. The average Bonchev–Trinajstić information content (AvgIpc) is 3.85. The molecule has 0 unspecified atom stereocenters. The van der Waals surface area contributed by atoms with Crippen LogP contribution >= 0.6 is 0 Å². The number of carbonyl (C=O) groups is 5. The van der Waals surface area contributed by atoms with Crippen LogP contribution in [0.5, 0.6) is 0 Å². The van der Waals surface area contributed by atoms with Gasteiger partial charge in [-0.2, -0.15) is 10.4 Å². The van der Waals surface area contributed by atoms with Crippen LogP contribution in [-0.4, -0.2) is 144 Å². The summed E-state index contributed by atoms with van der Waals surface area (Å²) in [5.41, 5.74) is 10.4. The van der Waals surface area contributed by atoms with E-state index >= 15 is 0 Å². The summed E-state index contributed by atoms with van der Waals surface area (Å²) in [6.45, 7) is 12.2. The quantitative estimate of drug-likeness (QED) is 0.0593. The molecule has 0 spiro atoms. The summed E-state index contributed by atoms with van der Waals surface area (Å²) in [7, 11) is 1.68. The second-order valence-electron chi connectivity index (χ2n) is 21.8. The first-order valence-corrected chi connectivity index (χ1v) is 27.4. The Morgan fingerprint density at radius 1 is 0.974 bits per heavy atom. The molecule has 2 bridgehead atoms. The van der Waals surface area contributed by atoms with E-state index in [1.54, 1.807) is 40.7 Å². The Morgan fingerprint density at radius 3 is 2.44 bits per heavy atom. The highest BCUT2D eigenvalue weighted by Crippen LogP contribution is 2.44. The number of likely N-dealkylation sites (N-methyl/N-ethyl adjacent to an activating group) is 1. The van der Waals surface area contributed by atoms with Gasteiger partial charge in [-0.05, 0) is 93.3 Å². The van der Waals surface area contributed by atoms with E-state index in [1.165, 1.54) is 12.1 Å². The molecule has 4 aromatic rings. The molecular formula is C57H76FN13O7. The molecule has 5 amide bonds. The van der Waals surface area contributed by atoms with Crippen molar-refractivity contribution < 1.29 is 37.8 Å². The van der Waals surface area contributed by atoms with Crippen LogP contribution in [0.3, 0.4) is 0 Å². The van der Waals surface area contributed by atoms with Crippen LogP contribution in [0.1, 0.15) is 125 Å². The molecule has 2 aromatic carbocycles. The zero-order valence-electron chi connectivity index (χ0n) is 45.8. The highest BCUT2D eigenvalue weighted by Gasteiger charge is 2.46. The van der Waals surface area contributed by atoms with E-state index in [-0.39, 0.29) is 118 Å². The van der Waals surface area contributed by atoms with Gasteiger partial charge in [0.15, 0.2) is 0 Å². The van der Waals surface area contributed by atoms with Gasteiger partial charge in [0.25, 0.3) is 5.91 Å². The lowest BCUT2D eigenvalue weighted by Crippen LogP contribution is -2.59. The average molecular weight is 1070 g/mol. The molecule has 8 rings (SSSR count). The fourth-order valence-electron chi connectivity index (χ4n) is 10.8. The van der Waals surface area contributed by atoms with Gasteiger partial charge in [-0.1, -0.05) is 58.0 Å². The fourth-order valence-corrected chi connectivity index (χ4v) is 10.8. The number of anilines is 2. The van der Waals surface area contributed by atoms with E-state index in [1.807, 2.05) is 64.1 Å². The lowest BCUT2D eigenvalue weighted by Gasteiger charge is -2.36. The summed E-state index contributed by atoms with van der Waals surface area (Å²) in [5, 5.41) is 30.9. The predicted molar refractivity (Wildman–Crippen MR) is 292 cm³/mol. The fraction of sp³-hybridized carbons (Fsp3) is 0.544. The van der Waals surface area contributed by atoms with Crippen molar-refractivity contribution >= 4 is 41.0 Å². The van der Waals surface area contributed by atoms with E-state index in [2.05, 4.69) is 42.5 Å². The topological polar surface area (TPSA) is 254 Å². The number of likely N-dealkylation sites (tertiary alicyclic amines) is 1. The number of halogens is 1. The maximum atomic E-state index is 14.9. The molecular weight excluding hydrogens is 998 g/mol. The van der Waals surface area contributed by atoms with Crippen LogP contribution in [0.4, 0.5) is 15.9 Å². The normalized spacial score (nSPS) is 19.3. The van der Waals surface area contributed by atoms with Crippen LogP contribution in [0.25, 0.3) is 11.1 Å². The number of carbonyl (C=O) groups excluding carboxylic acids is 5. The summed E-state index contributed by atoms with van der Waals surface area (Å²) >= 11 is 0. The number of aromatic nitrogens is 3. The van der Waals surface area contributed by atoms with Gasteiger partial charge < -0.3 is 56.5 Å². The van der Waals surface area contributed by atoms with Crippen LogP contribution in [0.15, 0.2) is 60.8 Å². The molecule has 3 aliphatic heterocycles. The summed E-state index contributed by atoms with van der Waals surface area (Å²) < 4.78 is 28.0. The van der Waals surface area contributed by atoms with Crippen molar-refractivity contribution in [3.8, 4) is 17.2 Å². The number of nitrogen functional groups attached to an aromatic ring is 1. The van der Waals surface area contributed by atoms with Gasteiger partial charge in [-0.25, -0.2) is 9.37 Å². The van der Waals surface area contributed by atoms with Crippen molar-refractivity contribution in [2.45, 2.75) is 135 Å². The number of nitrogens with one attached hydrogen (secondary N) is 5. The molecule has 2 aromatic heterocycles. The molecule has 1 saturated carbocycles. The third-order valence-corrected chi connectivity index (χ3v) is 15.3. The van der Waals surface area contributed by atoms with Crippen molar-refractivity contribution in [3.05, 3.63) is 94.7 Å². The number of hydrogen-bond acceptors (Lipinski definition) is 14. The molecule has 1 aliphatic carbocycles. The number of benzene rings is 2. The summed E-state index contributed by atoms with van der Waals surface area (Å²) in [5.74, 6) is -1.49. The number of ether oxygens (including phenoxy) is 2. The highest BCUT2D eigenvalue weighted by molar-refractivity contribution is 5.97. The second-order valence-corrected chi connectivity index (χ2v) is 21.8. The van der Waals surface area contributed by atoms with Gasteiger partial charge in [-0.15, -0.1) is 0 Å². The molecule has 21 heteroatoms. The number of pyridine rings is 1. The Balaban J connectivity index is 0.817. The van der Waals surface area contributed by atoms with E-state index in [0.717, 1.165) is 24.8 Å². The van der Waals surface area contributed by atoms with Crippen molar-refractivity contribution in [3.63, 3.8) is 0 Å². The van der Waals surface area contributed by atoms with Crippen LogP contribution in [0, 0.1) is 22.6 Å². The lowest BCUT2D eigenvalue weighted by molar-refractivity contribution is -0.144. The van der Waals surface area contributed by atoms with Gasteiger partial charge in [0.1, 0.15) is 35.5 Å². The third-order valence-electron chi connectivity index (χ3n) is 15.3. The Bertz CT molecular complexity index is 2830. The maximum absolute atomic E-state index is 14.9. The van der Waals surface area contributed by atoms with Crippen LogP contribution < -0.4 is 37.2 Å². The minimum Gasteiger partial charge on any atom is -0.382 e. The largest absolute Gasteiger partial charge is 0.382 e. The van der Waals surface area contributed by atoms with Gasteiger partial charge in [0.05, 0.1) is 69.0 Å². The molecule has 3 fully saturated rings. The number of rotatable bonds is 22.